The van der Waals surface area contributed by atoms with Crippen LogP contribution in [0.3, 0.4) is 0 Å². The van der Waals surface area contributed by atoms with Crippen LogP contribution in [0.1, 0.15) is 12.0 Å². The van der Waals surface area contributed by atoms with E-state index < -0.39 is 0 Å². The molecule has 0 N–H and O–H groups in total. The molecule has 0 heterocycles. The third-order valence-electron chi connectivity index (χ3n) is 1.94. The van der Waals surface area contributed by atoms with Gasteiger partial charge in [-0.2, -0.15) is 0 Å². The minimum Gasteiger partial charge on any atom is -0.491 e. The zero-order valence-corrected chi connectivity index (χ0v) is 11.6. The van der Waals surface area contributed by atoms with Crippen molar-refractivity contribution in [1.29, 1.82) is 0 Å². The molecule has 0 radical (unpaired) electrons. The van der Waals surface area contributed by atoms with Crippen LogP contribution in [0.15, 0.2) is 22.7 Å². The van der Waals surface area contributed by atoms with Gasteiger partial charge < -0.3 is 4.74 Å². The fraction of sp³-hybridized carbons (Fsp3) is 0.364. The Hall–Kier alpha value is -0.250. The molecule has 1 rings (SSSR count). The molecule has 0 aliphatic heterocycles. The molecule has 2 nitrogen and oxygen atoms in total. The van der Waals surface area contributed by atoms with E-state index in [-0.39, 0.29) is 5.24 Å². The average molecular weight is 326 g/mol. The first-order valence-corrected chi connectivity index (χ1v) is 6.49. The zero-order valence-electron chi connectivity index (χ0n) is 8.51. The normalized spacial score (nSPS) is 10.2. The molecule has 0 aromatic heterocycles. The van der Waals surface area contributed by atoms with Crippen LogP contribution in [0.25, 0.3) is 0 Å². The molecule has 88 valence electrons. The van der Waals surface area contributed by atoms with Crippen molar-refractivity contribution >= 4 is 44.4 Å². The van der Waals surface area contributed by atoms with Crippen molar-refractivity contribution in [2.75, 3.05) is 12.5 Å². The van der Waals surface area contributed by atoms with Gasteiger partial charge >= 0.3 is 0 Å². The first kappa shape index (κ1) is 13.8. The van der Waals surface area contributed by atoms with Gasteiger partial charge in [0.25, 0.3) is 0 Å². The van der Waals surface area contributed by atoms with Crippen LogP contribution < -0.4 is 4.74 Å². The molecule has 0 aliphatic carbocycles. The molecule has 5 heteroatoms. The van der Waals surface area contributed by atoms with E-state index in [0.717, 1.165) is 15.8 Å². The van der Waals surface area contributed by atoms with Gasteiger partial charge in [-0.25, -0.2) is 0 Å². The predicted molar refractivity (Wildman–Crippen MR) is 69.5 cm³/mol. The van der Waals surface area contributed by atoms with E-state index in [1.807, 2.05) is 18.2 Å². The smallest absolute Gasteiger partial charge is 0.221 e. The molecule has 0 unspecified atom stereocenters. The van der Waals surface area contributed by atoms with Gasteiger partial charge in [0, 0.05) is 6.42 Å². The molecular formula is C11H11BrCl2O2. The third kappa shape index (κ3) is 4.73. The SMILES string of the molecule is O=C(Cl)CCc1ccc(OCCCl)c(Br)c1. The van der Waals surface area contributed by atoms with Crippen LogP contribution in [0.2, 0.25) is 0 Å². The maximum atomic E-state index is 10.6. The van der Waals surface area contributed by atoms with Crippen LogP contribution >= 0.6 is 39.1 Å². The zero-order chi connectivity index (χ0) is 12.0. The van der Waals surface area contributed by atoms with Gasteiger partial charge in [-0.15, -0.1) is 11.6 Å². The highest BCUT2D eigenvalue weighted by Gasteiger charge is 2.04. The Bertz CT molecular complexity index is 369. The Kier molecular flexibility index (Phi) is 6.17. The third-order valence-corrected chi connectivity index (χ3v) is 2.90. The largest absolute Gasteiger partial charge is 0.491 e. The second kappa shape index (κ2) is 7.15. The average Bonchev–Trinajstić information content (AvgIpc) is 2.25. The molecule has 0 amide bonds. The van der Waals surface area contributed by atoms with E-state index in [4.69, 9.17) is 27.9 Å². The predicted octanol–water partition coefficient (Wildman–Crippen LogP) is 3.76. The second-order valence-electron chi connectivity index (χ2n) is 3.16. The Morgan fingerprint density at radius 3 is 2.75 bits per heavy atom. The van der Waals surface area contributed by atoms with E-state index in [1.165, 1.54) is 0 Å². The number of hydrogen-bond donors (Lipinski definition) is 0. The lowest BCUT2D eigenvalue weighted by Crippen LogP contribution is -1.99. The minimum atomic E-state index is -0.321. The standard InChI is InChI=1S/C11H11BrCl2O2/c12-9-7-8(2-4-11(14)15)1-3-10(9)16-6-5-13/h1,3,7H,2,4-6H2. The van der Waals surface area contributed by atoms with Gasteiger partial charge in [-0.1, -0.05) is 6.07 Å². The highest BCUT2D eigenvalue weighted by Crippen LogP contribution is 2.26. The number of alkyl halides is 1. The van der Waals surface area contributed by atoms with Crippen molar-refractivity contribution in [3.8, 4) is 5.75 Å². The molecule has 0 saturated carbocycles. The molecule has 0 aliphatic rings. The Morgan fingerprint density at radius 2 is 2.19 bits per heavy atom. The molecule has 0 spiro atoms. The highest BCUT2D eigenvalue weighted by molar-refractivity contribution is 9.10. The fourth-order valence-corrected chi connectivity index (χ4v) is 1.92. The summed E-state index contributed by atoms with van der Waals surface area (Å²) in [5.74, 6) is 1.20. The van der Waals surface area contributed by atoms with Crippen molar-refractivity contribution in [1.82, 2.24) is 0 Å². The van der Waals surface area contributed by atoms with Crippen molar-refractivity contribution in [3.05, 3.63) is 28.2 Å². The number of carbonyl (C=O) groups excluding carboxylic acids is 1. The van der Waals surface area contributed by atoms with Gasteiger partial charge in [-0.3, -0.25) is 4.79 Å². The number of aryl methyl sites for hydroxylation is 1. The number of halogens is 3. The van der Waals surface area contributed by atoms with E-state index in [2.05, 4.69) is 15.9 Å². The lowest BCUT2D eigenvalue weighted by atomic mass is 10.1. The van der Waals surface area contributed by atoms with E-state index in [0.29, 0.717) is 25.3 Å². The molecule has 0 bridgehead atoms. The highest BCUT2D eigenvalue weighted by atomic mass is 79.9. The van der Waals surface area contributed by atoms with Crippen LogP contribution in [0, 0.1) is 0 Å². The quantitative estimate of drug-likeness (QED) is 0.588. The minimum absolute atomic E-state index is 0.321. The maximum absolute atomic E-state index is 10.6. The first-order valence-electron chi connectivity index (χ1n) is 4.79. The lowest BCUT2D eigenvalue weighted by molar-refractivity contribution is -0.111. The molecule has 1 aromatic carbocycles. The molecular weight excluding hydrogens is 315 g/mol. The second-order valence-corrected chi connectivity index (χ2v) is 4.81. The van der Waals surface area contributed by atoms with Crippen molar-refractivity contribution < 1.29 is 9.53 Å². The molecule has 1 aromatic rings. The summed E-state index contributed by atoms with van der Waals surface area (Å²) in [6, 6.07) is 5.68. The number of carbonyl (C=O) groups is 1. The number of rotatable bonds is 6. The molecule has 16 heavy (non-hydrogen) atoms. The topological polar surface area (TPSA) is 26.3 Å². The van der Waals surface area contributed by atoms with E-state index >= 15 is 0 Å². The Morgan fingerprint density at radius 1 is 1.44 bits per heavy atom. The van der Waals surface area contributed by atoms with Gasteiger partial charge in [0.15, 0.2) is 0 Å². The molecule has 0 atom stereocenters. The summed E-state index contributed by atoms with van der Waals surface area (Å²) >= 11 is 14.2. The van der Waals surface area contributed by atoms with Crippen molar-refractivity contribution in [2.45, 2.75) is 12.8 Å². The van der Waals surface area contributed by atoms with Crippen molar-refractivity contribution in [2.24, 2.45) is 0 Å². The van der Waals surface area contributed by atoms with E-state index in [1.54, 1.807) is 0 Å². The number of ether oxygens (including phenoxy) is 1. The van der Waals surface area contributed by atoms with Crippen LogP contribution in [-0.4, -0.2) is 17.7 Å². The fourth-order valence-electron chi connectivity index (χ4n) is 1.21. The van der Waals surface area contributed by atoms with Crippen molar-refractivity contribution in [3.63, 3.8) is 0 Å². The van der Waals surface area contributed by atoms with Crippen LogP contribution in [-0.2, 0) is 11.2 Å². The Balaban J connectivity index is 2.63. The van der Waals surface area contributed by atoms with Gasteiger partial charge in [-0.05, 0) is 51.6 Å². The van der Waals surface area contributed by atoms with Gasteiger partial charge in [0.2, 0.25) is 5.24 Å². The summed E-state index contributed by atoms with van der Waals surface area (Å²) in [5.41, 5.74) is 1.04. The Labute approximate surface area is 113 Å². The molecule has 0 saturated heterocycles. The summed E-state index contributed by atoms with van der Waals surface area (Å²) in [6.45, 7) is 0.472. The summed E-state index contributed by atoms with van der Waals surface area (Å²) < 4.78 is 6.25. The summed E-state index contributed by atoms with van der Waals surface area (Å²) in [4.78, 5) is 10.6. The lowest BCUT2D eigenvalue weighted by Gasteiger charge is -2.08. The first-order chi connectivity index (χ1) is 7.63. The number of hydrogen-bond acceptors (Lipinski definition) is 2. The molecule has 0 fully saturated rings. The van der Waals surface area contributed by atoms with Crippen LogP contribution in [0.5, 0.6) is 5.75 Å². The summed E-state index contributed by atoms with van der Waals surface area (Å²) in [7, 11) is 0. The monoisotopic (exact) mass is 324 g/mol. The maximum Gasteiger partial charge on any atom is 0.221 e. The summed E-state index contributed by atoms with van der Waals surface area (Å²) in [5, 5.41) is -0.321. The van der Waals surface area contributed by atoms with Crippen LogP contribution in [0.4, 0.5) is 0 Å². The van der Waals surface area contributed by atoms with Gasteiger partial charge in [0.1, 0.15) is 12.4 Å². The summed E-state index contributed by atoms with van der Waals surface area (Å²) in [6.07, 6.45) is 0.979. The van der Waals surface area contributed by atoms with Gasteiger partial charge in [0.05, 0.1) is 10.4 Å². The van der Waals surface area contributed by atoms with E-state index in [9.17, 15) is 4.79 Å². The number of benzene rings is 1.